The molecule has 8 heteroatoms. The first kappa shape index (κ1) is 19.5. The molecule has 1 atom stereocenters. The Labute approximate surface area is 146 Å². The number of carbonyl (C=O) groups is 2. The Morgan fingerprint density at radius 1 is 1.48 bits per heavy atom. The molecule has 0 spiro atoms. The number of carboxylic acids is 1. The minimum atomic E-state index is -0.952. The molecular weight excluding hydrogens is 343 g/mol. The number of fused-ring (bicyclic) bond motifs is 1. The molecule has 1 aromatic carbocycles. The van der Waals surface area contributed by atoms with Gasteiger partial charge >= 0.3 is 5.97 Å². The maximum atomic E-state index is 12.3. The molecule has 1 aromatic rings. The van der Waals surface area contributed by atoms with Crippen molar-refractivity contribution >= 4 is 35.9 Å². The van der Waals surface area contributed by atoms with E-state index in [2.05, 4.69) is 5.32 Å². The second kappa shape index (κ2) is 8.96. The summed E-state index contributed by atoms with van der Waals surface area (Å²) in [6.45, 7) is 1.31. The van der Waals surface area contributed by atoms with Crippen molar-refractivity contribution in [3.63, 3.8) is 0 Å². The maximum absolute atomic E-state index is 12.3. The molecule has 0 aromatic heterocycles. The lowest BCUT2D eigenvalue weighted by atomic mass is 10.1. The quantitative estimate of drug-likeness (QED) is 0.836. The number of likely N-dealkylation sites (N-methyl/N-ethyl adjacent to an activating group) is 1. The summed E-state index contributed by atoms with van der Waals surface area (Å²) in [5, 5.41) is 12.3. The van der Waals surface area contributed by atoms with Gasteiger partial charge in [0.2, 0.25) is 5.91 Å². The zero-order chi connectivity index (χ0) is 16.1. The second-order valence-corrected chi connectivity index (χ2v) is 5.57. The zero-order valence-corrected chi connectivity index (χ0v) is 14.3. The van der Waals surface area contributed by atoms with Gasteiger partial charge in [0.25, 0.3) is 0 Å². The number of nitrogens with zero attached hydrogens (tertiary/aromatic N) is 1. The topological polar surface area (TPSA) is 78.9 Å². The predicted octanol–water partition coefficient (Wildman–Crippen LogP) is 1.94. The molecular formula is C15H20Cl2N2O4. The fourth-order valence-corrected chi connectivity index (χ4v) is 2.59. The average molecular weight is 363 g/mol. The lowest BCUT2D eigenvalue weighted by Crippen LogP contribution is -2.37. The van der Waals surface area contributed by atoms with E-state index in [-0.39, 0.29) is 31.2 Å². The number of hydrogen-bond donors (Lipinski definition) is 2. The molecule has 0 saturated carbocycles. The minimum absolute atomic E-state index is 0. The van der Waals surface area contributed by atoms with Gasteiger partial charge < -0.3 is 20.1 Å². The van der Waals surface area contributed by atoms with Crippen LogP contribution in [0.1, 0.15) is 18.4 Å². The highest BCUT2D eigenvalue weighted by atomic mass is 35.5. The van der Waals surface area contributed by atoms with Crippen LogP contribution in [-0.4, -0.2) is 48.1 Å². The monoisotopic (exact) mass is 362 g/mol. The Hall–Kier alpha value is -1.50. The van der Waals surface area contributed by atoms with E-state index in [1.54, 1.807) is 30.1 Å². The molecule has 128 valence electrons. The summed E-state index contributed by atoms with van der Waals surface area (Å²) < 4.78 is 5.61. The fraction of sp³-hybridized carbons (Fsp3) is 0.467. The van der Waals surface area contributed by atoms with Crippen molar-refractivity contribution in [2.24, 2.45) is 0 Å². The van der Waals surface area contributed by atoms with E-state index in [1.165, 1.54) is 0 Å². The van der Waals surface area contributed by atoms with Gasteiger partial charge in [-0.1, -0.05) is 11.6 Å². The van der Waals surface area contributed by atoms with Crippen molar-refractivity contribution in [2.45, 2.75) is 25.4 Å². The first-order chi connectivity index (χ1) is 10.5. The van der Waals surface area contributed by atoms with Gasteiger partial charge in [-0.25, -0.2) is 0 Å². The van der Waals surface area contributed by atoms with Gasteiger partial charge in [-0.05, 0) is 31.7 Å². The number of carboxylic acid groups (broad SMARTS) is 1. The van der Waals surface area contributed by atoms with Crippen LogP contribution in [0.4, 0.5) is 0 Å². The SMILES string of the molecule is CN[C@@H](CCC(=O)N1CCOc2ccc(Cl)cc2C1)C(=O)O.Cl. The molecule has 2 rings (SSSR count). The molecule has 0 bridgehead atoms. The van der Waals surface area contributed by atoms with Crippen molar-refractivity contribution in [3.8, 4) is 5.75 Å². The highest BCUT2D eigenvalue weighted by molar-refractivity contribution is 6.30. The average Bonchev–Trinajstić information content (AvgIpc) is 2.69. The first-order valence-corrected chi connectivity index (χ1v) is 7.48. The van der Waals surface area contributed by atoms with Gasteiger partial charge in [-0.3, -0.25) is 9.59 Å². The van der Waals surface area contributed by atoms with Crippen LogP contribution in [0.15, 0.2) is 18.2 Å². The van der Waals surface area contributed by atoms with Crippen molar-refractivity contribution in [2.75, 3.05) is 20.2 Å². The van der Waals surface area contributed by atoms with Crippen LogP contribution in [0.25, 0.3) is 0 Å². The number of ether oxygens (including phenoxy) is 1. The van der Waals surface area contributed by atoms with E-state index < -0.39 is 12.0 Å². The molecule has 1 amide bonds. The third kappa shape index (κ3) is 5.27. The summed E-state index contributed by atoms with van der Waals surface area (Å²) in [5.74, 6) is -0.303. The molecule has 23 heavy (non-hydrogen) atoms. The van der Waals surface area contributed by atoms with E-state index in [0.29, 0.717) is 24.7 Å². The molecule has 1 aliphatic heterocycles. The van der Waals surface area contributed by atoms with E-state index in [0.717, 1.165) is 11.3 Å². The van der Waals surface area contributed by atoms with Gasteiger partial charge in [-0.15, -0.1) is 12.4 Å². The Balaban J connectivity index is 0.00000264. The predicted molar refractivity (Wildman–Crippen MR) is 89.3 cm³/mol. The molecule has 0 radical (unpaired) electrons. The Morgan fingerprint density at radius 2 is 2.22 bits per heavy atom. The Kier molecular flexibility index (Phi) is 7.61. The van der Waals surface area contributed by atoms with Crippen LogP contribution in [-0.2, 0) is 16.1 Å². The van der Waals surface area contributed by atoms with Crippen LogP contribution in [0.2, 0.25) is 5.02 Å². The lowest BCUT2D eigenvalue weighted by molar-refractivity contribution is -0.139. The van der Waals surface area contributed by atoms with E-state index in [4.69, 9.17) is 21.4 Å². The molecule has 2 N–H and O–H groups in total. The number of rotatable bonds is 5. The molecule has 0 unspecified atom stereocenters. The zero-order valence-electron chi connectivity index (χ0n) is 12.8. The normalized spacial score (nSPS) is 14.8. The smallest absolute Gasteiger partial charge is 0.320 e. The molecule has 0 fully saturated rings. The van der Waals surface area contributed by atoms with E-state index in [1.807, 2.05) is 0 Å². The van der Waals surface area contributed by atoms with Gasteiger partial charge in [0.05, 0.1) is 6.54 Å². The number of benzene rings is 1. The molecule has 0 saturated heterocycles. The van der Waals surface area contributed by atoms with Crippen LogP contribution in [0, 0.1) is 0 Å². The number of amides is 1. The number of halogens is 2. The number of carbonyl (C=O) groups excluding carboxylic acids is 1. The number of aliphatic carboxylic acids is 1. The van der Waals surface area contributed by atoms with Crippen LogP contribution in [0.3, 0.4) is 0 Å². The van der Waals surface area contributed by atoms with Crippen LogP contribution >= 0.6 is 24.0 Å². The second-order valence-electron chi connectivity index (χ2n) is 5.13. The molecule has 0 aliphatic carbocycles. The maximum Gasteiger partial charge on any atom is 0.320 e. The fourth-order valence-electron chi connectivity index (χ4n) is 2.39. The van der Waals surface area contributed by atoms with Crippen molar-refractivity contribution in [1.82, 2.24) is 10.2 Å². The standard InChI is InChI=1S/C15H19ClN2O4.ClH/c1-17-12(15(20)21)3-5-14(19)18-6-7-22-13-4-2-11(16)8-10(13)9-18;/h2,4,8,12,17H,3,5-7,9H2,1H3,(H,20,21);1H/t12-;/m0./s1. The van der Waals surface area contributed by atoms with Crippen LogP contribution < -0.4 is 10.1 Å². The highest BCUT2D eigenvalue weighted by Crippen LogP contribution is 2.26. The van der Waals surface area contributed by atoms with Crippen LogP contribution in [0.5, 0.6) is 5.75 Å². The van der Waals surface area contributed by atoms with Gasteiger partial charge in [0.15, 0.2) is 0 Å². The van der Waals surface area contributed by atoms with Crippen molar-refractivity contribution in [3.05, 3.63) is 28.8 Å². The summed E-state index contributed by atoms with van der Waals surface area (Å²) in [4.78, 5) is 24.9. The summed E-state index contributed by atoms with van der Waals surface area (Å²) in [6.07, 6.45) is 0.429. The minimum Gasteiger partial charge on any atom is -0.491 e. The first-order valence-electron chi connectivity index (χ1n) is 7.10. The largest absolute Gasteiger partial charge is 0.491 e. The third-order valence-corrected chi connectivity index (χ3v) is 3.88. The molecule has 6 nitrogen and oxygen atoms in total. The lowest BCUT2D eigenvalue weighted by Gasteiger charge is -2.21. The van der Waals surface area contributed by atoms with Crippen molar-refractivity contribution in [1.29, 1.82) is 0 Å². The third-order valence-electron chi connectivity index (χ3n) is 3.65. The van der Waals surface area contributed by atoms with E-state index >= 15 is 0 Å². The van der Waals surface area contributed by atoms with Gasteiger partial charge in [-0.2, -0.15) is 0 Å². The summed E-state index contributed by atoms with van der Waals surface area (Å²) in [5.41, 5.74) is 0.863. The van der Waals surface area contributed by atoms with Crippen molar-refractivity contribution < 1.29 is 19.4 Å². The Morgan fingerprint density at radius 3 is 2.87 bits per heavy atom. The van der Waals surface area contributed by atoms with E-state index in [9.17, 15) is 9.59 Å². The highest BCUT2D eigenvalue weighted by Gasteiger charge is 2.22. The van der Waals surface area contributed by atoms with Gasteiger partial charge in [0.1, 0.15) is 18.4 Å². The summed E-state index contributed by atoms with van der Waals surface area (Å²) in [6, 6.07) is 4.62. The number of nitrogens with one attached hydrogen (secondary N) is 1. The summed E-state index contributed by atoms with van der Waals surface area (Å²) >= 11 is 5.98. The Bertz CT molecular complexity index is 568. The molecule has 1 aliphatic rings. The summed E-state index contributed by atoms with van der Waals surface area (Å²) in [7, 11) is 1.57. The number of hydrogen-bond acceptors (Lipinski definition) is 4. The van der Waals surface area contributed by atoms with Gasteiger partial charge in [0, 0.05) is 23.6 Å². The molecule has 1 heterocycles.